The lowest BCUT2D eigenvalue weighted by Crippen LogP contribution is -2.47. The first-order valence-electron chi connectivity index (χ1n) is 6.23. The van der Waals surface area contributed by atoms with Gasteiger partial charge in [0.2, 0.25) is 0 Å². The van der Waals surface area contributed by atoms with E-state index in [4.69, 9.17) is 4.74 Å². The number of nitrogens with zero attached hydrogens (tertiary/aromatic N) is 1. The number of aromatic nitrogens is 1. The molecule has 1 aromatic rings. The summed E-state index contributed by atoms with van der Waals surface area (Å²) in [6, 6.07) is 3.44. The molecule has 0 atom stereocenters. The average Bonchev–Trinajstić information content (AvgIpc) is 2.35. The van der Waals surface area contributed by atoms with E-state index in [1.54, 1.807) is 18.3 Å². The summed E-state index contributed by atoms with van der Waals surface area (Å²) in [5, 5.41) is 12.6. The zero-order valence-corrected chi connectivity index (χ0v) is 10.5. The number of carbonyl (C=O) groups is 1. The molecule has 1 heterocycles. The summed E-state index contributed by atoms with van der Waals surface area (Å²) in [5.41, 5.74) is -0.460. The summed E-state index contributed by atoms with van der Waals surface area (Å²) in [7, 11) is 0. The molecule has 5 nitrogen and oxygen atoms in total. The van der Waals surface area contributed by atoms with Crippen molar-refractivity contribution in [2.45, 2.75) is 31.8 Å². The van der Waals surface area contributed by atoms with Crippen LogP contribution in [0.1, 0.15) is 36.7 Å². The van der Waals surface area contributed by atoms with Gasteiger partial charge in [0, 0.05) is 12.7 Å². The molecule has 98 valence electrons. The van der Waals surface area contributed by atoms with Gasteiger partial charge in [0.05, 0.1) is 12.2 Å². The highest BCUT2D eigenvalue weighted by Crippen LogP contribution is 2.30. The molecule has 0 bridgehead atoms. The molecule has 0 radical (unpaired) electrons. The zero-order valence-electron chi connectivity index (χ0n) is 10.5. The second-order valence-corrected chi connectivity index (χ2v) is 4.54. The van der Waals surface area contributed by atoms with Crippen LogP contribution in [0.3, 0.4) is 0 Å². The number of ether oxygens (including phenoxy) is 1. The van der Waals surface area contributed by atoms with E-state index in [1.807, 2.05) is 6.92 Å². The van der Waals surface area contributed by atoms with Crippen molar-refractivity contribution in [3.8, 4) is 5.75 Å². The van der Waals surface area contributed by atoms with E-state index in [-0.39, 0.29) is 18.1 Å². The van der Waals surface area contributed by atoms with Crippen molar-refractivity contribution in [1.29, 1.82) is 0 Å². The fraction of sp³-hybridized carbons (Fsp3) is 0.538. The minimum Gasteiger partial charge on any atom is -0.491 e. The Morgan fingerprint density at radius 3 is 3.00 bits per heavy atom. The summed E-state index contributed by atoms with van der Waals surface area (Å²) in [6.45, 7) is 2.61. The molecular weight excluding hydrogens is 232 g/mol. The molecule has 0 spiro atoms. The van der Waals surface area contributed by atoms with Crippen LogP contribution in [-0.4, -0.2) is 34.8 Å². The molecule has 2 rings (SSSR count). The third kappa shape index (κ3) is 2.79. The Morgan fingerprint density at radius 2 is 2.39 bits per heavy atom. The predicted octanol–water partition coefficient (Wildman–Crippen LogP) is 1.13. The van der Waals surface area contributed by atoms with Gasteiger partial charge in [-0.05, 0) is 38.3 Å². The summed E-state index contributed by atoms with van der Waals surface area (Å²) in [6.07, 6.45) is 4.05. The highest BCUT2D eigenvalue weighted by Gasteiger charge is 2.34. The number of pyridine rings is 1. The van der Waals surface area contributed by atoms with E-state index in [0.717, 1.165) is 19.3 Å². The van der Waals surface area contributed by atoms with Crippen molar-refractivity contribution in [1.82, 2.24) is 10.3 Å². The van der Waals surface area contributed by atoms with Gasteiger partial charge in [-0.15, -0.1) is 0 Å². The highest BCUT2D eigenvalue weighted by molar-refractivity contribution is 5.94. The van der Waals surface area contributed by atoms with Crippen LogP contribution in [0.2, 0.25) is 0 Å². The number of nitrogens with one attached hydrogen (secondary N) is 1. The summed E-state index contributed by atoms with van der Waals surface area (Å²) in [5.74, 6) is 0.164. The van der Waals surface area contributed by atoms with Crippen molar-refractivity contribution in [3.63, 3.8) is 0 Å². The van der Waals surface area contributed by atoms with Gasteiger partial charge in [-0.3, -0.25) is 4.79 Å². The second kappa shape index (κ2) is 5.35. The lowest BCUT2D eigenvalue weighted by Gasteiger charge is -2.36. The van der Waals surface area contributed by atoms with Crippen LogP contribution in [0, 0.1) is 0 Å². The first-order valence-corrected chi connectivity index (χ1v) is 6.23. The van der Waals surface area contributed by atoms with Crippen molar-refractivity contribution in [2.24, 2.45) is 0 Å². The first kappa shape index (κ1) is 12.8. The molecule has 1 saturated carbocycles. The quantitative estimate of drug-likeness (QED) is 0.821. The van der Waals surface area contributed by atoms with E-state index >= 15 is 0 Å². The van der Waals surface area contributed by atoms with E-state index < -0.39 is 5.60 Å². The molecule has 1 aliphatic rings. The number of hydrogen-bond donors (Lipinski definition) is 2. The van der Waals surface area contributed by atoms with Gasteiger partial charge in [-0.25, -0.2) is 4.98 Å². The molecule has 2 N–H and O–H groups in total. The molecule has 1 aliphatic carbocycles. The minimum absolute atomic E-state index is 0.266. The van der Waals surface area contributed by atoms with Crippen LogP contribution < -0.4 is 10.1 Å². The Bertz CT molecular complexity index is 430. The fourth-order valence-corrected chi connectivity index (χ4v) is 1.92. The monoisotopic (exact) mass is 250 g/mol. The summed E-state index contributed by atoms with van der Waals surface area (Å²) >= 11 is 0. The molecule has 0 unspecified atom stereocenters. The van der Waals surface area contributed by atoms with Crippen LogP contribution in [0.5, 0.6) is 5.75 Å². The molecule has 0 aliphatic heterocycles. The molecule has 5 heteroatoms. The third-order valence-corrected chi connectivity index (χ3v) is 3.15. The van der Waals surface area contributed by atoms with Crippen LogP contribution in [0.25, 0.3) is 0 Å². The molecule has 0 aromatic carbocycles. The summed E-state index contributed by atoms with van der Waals surface area (Å²) < 4.78 is 5.34. The van der Waals surface area contributed by atoms with Crippen molar-refractivity contribution in [2.75, 3.05) is 13.2 Å². The highest BCUT2D eigenvalue weighted by atomic mass is 16.5. The van der Waals surface area contributed by atoms with Crippen LogP contribution in [0.15, 0.2) is 18.3 Å². The number of aliphatic hydroxyl groups is 1. The zero-order chi connectivity index (χ0) is 13.0. The largest absolute Gasteiger partial charge is 0.491 e. The summed E-state index contributed by atoms with van der Waals surface area (Å²) in [4.78, 5) is 16.0. The molecule has 1 aromatic heterocycles. The molecule has 1 amide bonds. The van der Waals surface area contributed by atoms with E-state index in [2.05, 4.69) is 10.3 Å². The Kier molecular flexibility index (Phi) is 3.81. The lowest BCUT2D eigenvalue weighted by atomic mass is 9.80. The maximum Gasteiger partial charge on any atom is 0.273 e. The first-order chi connectivity index (χ1) is 8.64. The molecule has 18 heavy (non-hydrogen) atoms. The van der Waals surface area contributed by atoms with Gasteiger partial charge >= 0.3 is 0 Å². The Hall–Kier alpha value is -1.62. The molecule has 1 fully saturated rings. The molecular formula is C13H18N2O3. The fourth-order valence-electron chi connectivity index (χ4n) is 1.92. The third-order valence-electron chi connectivity index (χ3n) is 3.15. The topological polar surface area (TPSA) is 71.5 Å². The minimum atomic E-state index is -0.726. The lowest BCUT2D eigenvalue weighted by molar-refractivity contribution is -0.0301. The van der Waals surface area contributed by atoms with Crippen molar-refractivity contribution >= 4 is 5.91 Å². The maximum atomic E-state index is 12.0. The number of hydrogen-bond acceptors (Lipinski definition) is 4. The van der Waals surface area contributed by atoms with E-state index in [0.29, 0.717) is 12.4 Å². The SMILES string of the molecule is CCOc1cccnc1C(=O)NCC1(O)CCC1. The van der Waals surface area contributed by atoms with Crippen molar-refractivity contribution in [3.05, 3.63) is 24.0 Å². The number of amides is 1. The van der Waals surface area contributed by atoms with Gasteiger partial charge in [-0.1, -0.05) is 0 Å². The Morgan fingerprint density at radius 1 is 1.61 bits per heavy atom. The number of carbonyl (C=O) groups excluding carboxylic acids is 1. The van der Waals surface area contributed by atoms with Gasteiger partial charge in [0.25, 0.3) is 5.91 Å². The van der Waals surface area contributed by atoms with Crippen LogP contribution in [-0.2, 0) is 0 Å². The molecule has 0 saturated heterocycles. The van der Waals surface area contributed by atoms with Gasteiger partial charge in [0.15, 0.2) is 11.4 Å². The second-order valence-electron chi connectivity index (χ2n) is 4.54. The number of rotatable bonds is 5. The van der Waals surface area contributed by atoms with E-state index in [1.165, 1.54) is 0 Å². The Labute approximate surface area is 106 Å². The standard InChI is InChI=1S/C13H18N2O3/c1-2-18-10-5-3-8-14-11(10)12(16)15-9-13(17)6-4-7-13/h3,5,8,17H,2,4,6-7,9H2,1H3,(H,15,16). The van der Waals surface area contributed by atoms with Gasteiger partial charge in [0.1, 0.15) is 0 Å². The predicted molar refractivity (Wildman–Crippen MR) is 66.5 cm³/mol. The van der Waals surface area contributed by atoms with E-state index in [9.17, 15) is 9.90 Å². The normalized spacial score (nSPS) is 16.8. The maximum absolute atomic E-state index is 12.0. The Balaban J connectivity index is 1.99. The van der Waals surface area contributed by atoms with Crippen molar-refractivity contribution < 1.29 is 14.6 Å². The van der Waals surface area contributed by atoms with Gasteiger partial charge in [-0.2, -0.15) is 0 Å². The van der Waals surface area contributed by atoms with Crippen LogP contribution in [0.4, 0.5) is 0 Å². The smallest absolute Gasteiger partial charge is 0.273 e. The average molecular weight is 250 g/mol. The van der Waals surface area contributed by atoms with Crippen LogP contribution >= 0.6 is 0 Å². The van der Waals surface area contributed by atoms with Gasteiger partial charge < -0.3 is 15.2 Å².